The number of likely N-dealkylation sites (tertiary alicyclic amines) is 1. The number of ether oxygens (including phenoxy) is 1. The number of rotatable bonds is 4. The molecular formula is C18H27NO6Si. The summed E-state index contributed by atoms with van der Waals surface area (Å²) in [7, 11) is -1.99. The Kier molecular flexibility index (Phi) is 6.66. The molecule has 7 nitrogen and oxygen atoms in total. The molecule has 1 saturated heterocycles. The van der Waals surface area contributed by atoms with E-state index in [2.05, 4.69) is 18.0 Å². The zero-order chi connectivity index (χ0) is 20.3. The molecule has 144 valence electrons. The molecule has 1 aliphatic heterocycles. The fourth-order valence-electron chi connectivity index (χ4n) is 2.62. The molecule has 0 spiro atoms. The Balaban J connectivity index is 3.49. The van der Waals surface area contributed by atoms with E-state index in [-0.39, 0.29) is 12.8 Å². The van der Waals surface area contributed by atoms with Gasteiger partial charge in [0.25, 0.3) is 0 Å². The van der Waals surface area contributed by atoms with Gasteiger partial charge in [-0.15, -0.1) is 5.54 Å². The minimum Gasteiger partial charge on any atom is -0.479 e. The van der Waals surface area contributed by atoms with Gasteiger partial charge >= 0.3 is 18.0 Å². The van der Waals surface area contributed by atoms with E-state index in [1.54, 1.807) is 6.92 Å². The van der Waals surface area contributed by atoms with Gasteiger partial charge in [0, 0.05) is 6.42 Å². The Bertz CT molecular complexity index is 671. The normalized spacial score (nSPS) is 24.3. The number of carboxylic acids is 1. The van der Waals surface area contributed by atoms with Crippen LogP contribution in [0.15, 0.2) is 12.2 Å². The highest BCUT2D eigenvalue weighted by Gasteiger charge is 2.55. The van der Waals surface area contributed by atoms with Crippen LogP contribution in [-0.2, 0) is 14.3 Å². The summed E-state index contributed by atoms with van der Waals surface area (Å²) >= 11 is 0. The van der Waals surface area contributed by atoms with Crippen LogP contribution in [0.5, 0.6) is 0 Å². The van der Waals surface area contributed by atoms with E-state index in [1.807, 2.05) is 26.6 Å². The molecule has 3 unspecified atom stereocenters. The van der Waals surface area contributed by atoms with Crippen LogP contribution in [-0.4, -0.2) is 58.9 Å². The lowest BCUT2D eigenvalue weighted by Crippen LogP contribution is -2.65. The SMILES string of the molecule is C=C1CC(C(=O)OC(C)CC)N(C(=O)O)C(C#C[Si](C)(C)C)(C(=O)O)C1. The second-order valence-corrected chi connectivity index (χ2v) is 12.4. The second kappa shape index (κ2) is 7.95. The van der Waals surface area contributed by atoms with Crippen molar-refractivity contribution in [1.29, 1.82) is 0 Å². The summed E-state index contributed by atoms with van der Waals surface area (Å²) < 4.78 is 5.27. The predicted octanol–water partition coefficient (Wildman–Crippen LogP) is 2.73. The number of carboxylic acid groups (broad SMARTS) is 2. The molecule has 2 N–H and O–H groups in total. The standard InChI is InChI=1S/C18H27NO6Si/c1-7-13(3)25-15(20)14-10-12(2)11-18(16(21)22,19(14)17(23)24)8-9-26(4,5)6/h13-14H,2,7,10-11H2,1,3-6H3,(H,21,22)(H,23,24). The Morgan fingerprint density at radius 3 is 2.38 bits per heavy atom. The highest BCUT2D eigenvalue weighted by atomic mass is 28.3. The summed E-state index contributed by atoms with van der Waals surface area (Å²) in [6, 6.07) is -1.28. The summed E-state index contributed by atoms with van der Waals surface area (Å²) in [5.74, 6) is 0.493. The van der Waals surface area contributed by atoms with Gasteiger partial charge in [-0.05, 0) is 19.8 Å². The molecule has 1 amide bonds. The van der Waals surface area contributed by atoms with Crippen LogP contribution in [0.1, 0.15) is 33.1 Å². The Morgan fingerprint density at radius 2 is 1.96 bits per heavy atom. The Morgan fingerprint density at radius 1 is 1.38 bits per heavy atom. The van der Waals surface area contributed by atoms with Gasteiger partial charge in [-0.25, -0.2) is 14.4 Å². The average molecular weight is 382 g/mol. The maximum Gasteiger partial charge on any atom is 0.409 e. The zero-order valence-corrected chi connectivity index (χ0v) is 17.0. The highest BCUT2D eigenvalue weighted by Crippen LogP contribution is 2.36. The van der Waals surface area contributed by atoms with Crippen molar-refractivity contribution in [2.24, 2.45) is 0 Å². The summed E-state index contributed by atoms with van der Waals surface area (Å²) in [5, 5.41) is 19.6. The third kappa shape index (κ3) is 4.88. The molecule has 1 aliphatic rings. The molecule has 0 aliphatic carbocycles. The van der Waals surface area contributed by atoms with Crippen LogP contribution in [0, 0.1) is 11.5 Å². The third-order valence-corrected chi connectivity index (χ3v) is 4.95. The molecule has 0 aromatic rings. The maximum absolute atomic E-state index is 12.5. The lowest BCUT2D eigenvalue weighted by Gasteiger charge is -2.44. The number of hydrogen-bond acceptors (Lipinski definition) is 4. The number of carbonyl (C=O) groups is 3. The van der Waals surface area contributed by atoms with Crippen molar-refractivity contribution < 1.29 is 29.3 Å². The van der Waals surface area contributed by atoms with Crippen molar-refractivity contribution >= 4 is 26.1 Å². The van der Waals surface area contributed by atoms with Crippen molar-refractivity contribution in [1.82, 2.24) is 4.90 Å². The van der Waals surface area contributed by atoms with E-state index in [1.165, 1.54) is 0 Å². The van der Waals surface area contributed by atoms with Gasteiger partial charge in [0.1, 0.15) is 14.1 Å². The third-order valence-electron chi connectivity index (χ3n) is 4.08. The van der Waals surface area contributed by atoms with E-state index in [9.17, 15) is 24.6 Å². The first-order valence-electron chi connectivity index (χ1n) is 8.51. The van der Waals surface area contributed by atoms with Gasteiger partial charge in [-0.1, -0.05) is 44.6 Å². The average Bonchev–Trinajstić information content (AvgIpc) is 2.50. The summed E-state index contributed by atoms with van der Waals surface area (Å²) in [6.45, 7) is 13.1. The largest absolute Gasteiger partial charge is 0.479 e. The monoisotopic (exact) mass is 381 g/mol. The Labute approximate surface area is 155 Å². The molecule has 8 heteroatoms. The van der Waals surface area contributed by atoms with Crippen molar-refractivity contribution in [3.05, 3.63) is 12.2 Å². The molecule has 0 saturated carbocycles. The van der Waals surface area contributed by atoms with Crippen LogP contribution in [0.2, 0.25) is 19.6 Å². The molecular weight excluding hydrogens is 354 g/mol. The topological polar surface area (TPSA) is 104 Å². The van der Waals surface area contributed by atoms with Crippen LogP contribution in [0.25, 0.3) is 0 Å². The number of piperidine rings is 1. The van der Waals surface area contributed by atoms with E-state index in [4.69, 9.17) is 4.74 Å². The minimum absolute atomic E-state index is 0.0191. The first-order valence-corrected chi connectivity index (χ1v) is 12.0. The van der Waals surface area contributed by atoms with E-state index in [0.29, 0.717) is 16.9 Å². The number of hydrogen-bond donors (Lipinski definition) is 2. The van der Waals surface area contributed by atoms with Gasteiger partial charge in [0.2, 0.25) is 5.54 Å². The molecule has 26 heavy (non-hydrogen) atoms. The minimum atomic E-state index is -2.04. The lowest BCUT2D eigenvalue weighted by atomic mass is 9.81. The fourth-order valence-corrected chi connectivity index (χ4v) is 3.20. The lowest BCUT2D eigenvalue weighted by molar-refractivity contribution is -0.161. The molecule has 0 aromatic carbocycles. The van der Waals surface area contributed by atoms with Crippen LogP contribution >= 0.6 is 0 Å². The summed E-state index contributed by atoms with van der Waals surface area (Å²) in [5.41, 5.74) is 1.36. The number of nitrogens with zero attached hydrogens (tertiary/aromatic N) is 1. The molecule has 3 atom stereocenters. The summed E-state index contributed by atoms with van der Waals surface area (Å²) in [6.07, 6.45) is -1.49. The van der Waals surface area contributed by atoms with Gasteiger partial charge in [-0.3, -0.25) is 4.90 Å². The quantitative estimate of drug-likeness (QED) is 0.336. The number of esters is 1. The van der Waals surface area contributed by atoms with E-state index < -0.39 is 43.8 Å². The second-order valence-electron chi connectivity index (χ2n) is 7.62. The van der Waals surface area contributed by atoms with Crippen LogP contribution < -0.4 is 0 Å². The molecule has 0 aromatic heterocycles. The molecule has 0 bridgehead atoms. The number of aliphatic carboxylic acids is 1. The van der Waals surface area contributed by atoms with Crippen molar-refractivity contribution in [2.75, 3.05) is 0 Å². The van der Waals surface area contributed by atoms with Crippen molar-refractivity contribution in [3.63, 3.8) is 0 Å². The molecule has 0 radical (unpaired) electrons. The Hall–Kier alpha value is -2.27. The van der Waals surface area contributed by atoms with Crippen molar-refractivity contribution in [3.8, 4) is 11.5 Å². The zero-order valence-electron chi connectivity index (χ0n) is 16.0. The number of amides is 1. The van der Waals surface area contributed by atoms with E-state index in [0.717, 1.165) is 0 Å². The first-order chi connectivity index (χ1) is 11.8. The van der Waals surface area contributed by atoms with Gasteiger partial charge in [0.15, 0.2) is 0 Å². The van der Waals surface area contributed by atoms with Crippen molar-refractivity contribution in [2.45, 2.75) is 70.4 Å². The van der Waals surface area contributed by atoms with Crippen LogP contribution in [0.3, 0.4) is 0 Å². The first kappa shape index (κ1) is 21.8. The van der Waals surface area contributed by atoms with Gasteiger partial charge in [0.05, 0.1) is 6.10 Å². The van der Waals surface area contributed by atoms with E-state index >= 15 is 0 Å². The summed E-state index contributed by atoms with van der Waals surface area (Å²) in [4.78, 5) is 37.2. The highest BCUT2D eigenvalue weighted by molar-refractivity contribution is 6.83. The molecule has 1 rings (SSSR count). The number of carbonyl (C=O) groups excluding carboxylic acids is 1. The van der Waals surface area contributed by atoms with Crippen LogP contribution in [0.4, 0.5) is 4.79 Å². The molecule has 1 heterocycles. The van der Waals surface area contributed by atoms with Gasteiger partial charge < -0.3 is 14.9 Å². The van der Waals surface area contributed by atoms with Gasteiger partial charge in [-0.2, -0.15) is 0 Å². The molecule has 1 fully saturated rings. The predicted molar refractivity (Wildman–Crippen MR) is 99.4 cm³/mol. The maximum atomic E-state index is 12.5. The fraction of sp³-hybridized carbons (Fsp3) is 0.611. The smallest absolute Gasteiger partial charge is 0.409 e.